The van der Waals surface area contributed by atoms with Crippen LogP contribution in [-0.4, -0.2) is 13.0 Å². The highest BCUT2D eigenvalue weighted by Crippen LogP contribution is 2.12. The normalized spacial score (nSPS) is 9.00. The number of halogens is 1. The molecule has 3 N–H and O–H groups in total. The number of aryl methyl sites for hydroxylation is 1. The van der Waals surface area contributed by atoms with Gasteiger partial charge >= 0.3 is 0 Å². The van der Waals surface area contributed by atoms with Crippen LogP contribution in [0.3, 0.4) is 0 Å². The molecule has 0 atom stereocenters. The number of nitrogens with one attached hydrogen (secondary N) is 1. The lowest BCUT2D eigenvalue weighted by atomic mass is 10.1. The third kappa shape index (κ3) is 2.90. The first-order valence-corrected chi connectivity index (χ1v) is 3.84. The monoisotopic (exact) mass is 216 g/mol. The van der Waals surface area contributed by atoms with E-state index in [1.807, 2.05) is 6.92 Å². The summed E-state index contributed by atoms with van der Waals surface area (Å²) in [7, 11) is 1.38. The van der Waals surface area contributed by atoms with Gasteiger partial charge in [0.25, 0.3) is 5.91 Å². The predicted octanol–water partition coefficient (Wildman–Crippen LogP) is 1.29. The summed E-state index contributed by atoms with van der Waals surface area (Å²) in [4.78, 5) is 15.7. The van der Waals surface area contributed by atoms with Crippen molar-refractivity contribution in [1.29, 1.82) is 0 Å². The Kier molecular flexibility index (Phi) is 4.97. The van der Waals surface area contributed by atoms with Crippen molar-refractivity contribution in [2.45, 2.75) is 6.92 Å². The lowest BCUT2D eigenvalue weighted by Gasteiger charge is -2.04. The van der Waals surface area contributed by atoms with E-state index < -0.39 is 0 Å². The number of benzene rings is 1. The molecule has 0 aromatic heterocycles. The first kappa shape index (κ1) is 12.7. The van der Waals surface area contributed by atoms with Crippen molar-refractivity contribution in [2.75, 3.05) is 12.8 Å². The van der Waals surface area contributed by atoms with E-state index in [2.05, 4.69) is 10.3 Å². The minimum absolute atomic E-state index is 0. The first-order chi connectivity index (χ1) is 6.15. The molecule has 0 saturated heterocycles. The molecule has 0 saturated carbocycles. The molecule has 1 rings (SSSR count). The van der Waals surface area contributed by atoms with E-state index in [0.29, 0.717) is 11.3 Å². The number of carbonyl (C=O) groups is 1. The van der Waals surface area contributed by atoms with E-state index in [9.17, 15) is 4.79 Å². The number of amides is 1. The van der Waals surface area contributed by atoms with Crippen LogP contribution in [0.4, 0.5) is 5.69 Å². The molecule has 14 heavy (non-hydrogen) atoms. The highest BCUT2D eigenvalue weighted by Gasteiger charge is 2.05. The highest BCUT2D eigenvalue weighted by molar-refractivity contribution is 5.94. The zero-order valence-corrected chi connectivity index (χ0v) is 8.85. The van der Waals surface area contributed by atoms with Crippen LogP contribution >= 0.6 is 12.4 Å². The number of hydrogen-bond acceptors (Lipinski definition) is 3. The minimum atomic E-state index is -0.297. The fraction of sp³-hybridized carbons (Fsp3) is 0.222. The average molecular weight is 217 g/mol. The van der Waals surface area contributed by atoms with Gasteiger partial charge in [-0.05, 0) is 24.6 Å². The molecule has 0 aliphatic carbocycles. The maximum Gasteiger partial charge on any atom is 0.274 e. The van der Waals surface area contributed by atoms with Gasteiger partial charge in [0.1, 0.15) is 0 Å². The molecule has 0 spiro atoms. The SMILES string of the molecule is CONC(=O)c1ccc(C)c(N)c1.Cl. The average Bonchev–Trinajstić information content (AvgIpc) is 2.10. The van der Waals surface area contributed by atoms with Crippen molar-refractivity contribution >= 4 is 24.0 Å². The van der Waals surface area contributed by atoms with Crippen molar-refractivity contribution < 1.29 is 9.63 Å². The molecule has 0 unspecified atom stereocenters. The van der Waals surface area contributed by atoms with Crippen LogP contribution in [0.25, 0.3) is 0 Å². The molecule has 5 heteroatoms. The Morgan fingerprint density at radius 3 is 2.64 bits per heavy atom. The van der Waals surface area contributed by atoms with E-state index in [4.69, 9.17) is 5.73 Å². The van der Waals surface area contributed by atoms with Gasteiger partial charge in [0.2, 0.25) is 0 Å². The number of carbonyl (C=O) groups excluding carboxylic acids is 1. The van der Waals surface area contributed by atoms with Gasteiger partial charge < -0.3 is 5.73 Å². The summed E-state index contributed by atoms with van der Waals surface area (Å²) in [5.41, 5.74) is 9.89. The molecular formula is C9H13ClN2O2. The fourth-order valence-electron chi connectivity index (χ4n) is 0.933. The number of nitrogen functional groups attached to an aromatic ring is 1. The second-order valence-electron chi connectivity index (χ2n) is 2.71. The topological polar surface area (TPSA) is 64.3 Å². The van der Waals surface area contributed by atoms with Crippen LogP contribution in [0.15, 0.2) is 18.2 Å². The van der Waals surface area contributed by atoms with Crippen molar-refractivity contribution in [2.24, 2.45) is 0 Å². The van der Waals surface area contributed by atoms with Crippen LogP contribution in [-0.2, 0) is 4.84 Å². The van der Waals surface area contributed by atoms with Crippen LogP contribution in [0.5, 0.6) is 0 Å². The summed E-state index contributed by atoms with van der Waals surface area (Å²) in [6.45, 7) is 1.88. The summed E-state index contributed by atoms with van der Waals surface area (Å²) in [6.07, 6.45) is 0. The lowest BCUT2D eigenvalue weighted by Crippen LogP contribution is -2.21. The van der Waals surface area contributed by atoms with Crippen LogP contribution < -0.4 is 11.2 Å². The molecule has 0 bridgehead atoms. The largest absolute Gasteiger partial charge is 0.398 e. The molecule has 4 nitrogen and oxygen atoms in total. The van der Waals surface area contributed by atoms with Crippen LogP contribution in [0, 0.1) is 6.92 Å². The summed E-state index contributed by atoms with van der Waals surface area (Å²) in [6, 6.07) is 5.10. The molecule has 1 aromatic rings. The smallest absolute Gasteiger partial charge is 0.274 e. The zero-order valence-electron chi connectivity index (χ0n) is 8.03. The molecule has 0 heterocycles. The Hall–Kier alpha value is -1.26. The Balaban J connectivity index is 0.00000169. The van der Waals surface area contributed by atoms with E-state index in [1.54, 1.807) is 18.2 Å². The summed E-state index contributed by atoms with van der Waals surface area (Å²) in [5.74, 6) is -0.297. The van der Waals surface area contributed by atoms with E-state index in [0.717, 1.165) is 5.56 Å². The van der Waals surface area contributed by atoms with Gasteiger partial charge in [-0.3, -0.25) is 9.63 Å². The molecule has 0 aliphatic heterocycles. The fourth-order valence-corrected chi connectivity index (χ4v) is 0.933. The van der Waals surface area contributed by atoms with E-state index in [1.165, 1.54) is 7.11 Å². The van der Waals surface area contributed by atoms with Gasteiger partial charge in [-0.15, -0.1) is 12.4 Å². The van der Waals surface area contributed by atoms with Gasteiger partial charge in [-0.1, -0.05) is 6.07 Å². The lowest BCUT2D eigenvalue weighted by molar-refractivity contribution is 0.0537. The number of hydroxylamine groups is 1. The molecular weight excluding hydrogens is 204 g/mol. The van der Waals surface area contributed by atoms with Gasteiger partial charge in [-0.25, -0.2) is 5.48 Å². The van der Waals surface area contributed by atoms with Crippen LogP contribution in [0.1, 0.15) is 15.9 Å². The zero-order chi connectivity index (χ0) is 9.84. The quantitative estimate of drug-likeness (QED) is 0.579. The van der Waals surface area contributed by atoms with Crippen molar-refractivity contribution in [3.63, 3.8) is 0 Å². The molecule has 0 aliphatic rings. The van der Waals surface area contributed by atoms with Gasteiger partial charge in [0.05, 0.1) is 7.11 Å². The van der Waals surface area contributed by atoms with E-state index >= 15 is 0 Å². The van der Waals surface area contributed by atoms with E-state index in [-0.39, 0.29) is 18.3 Å². The predicted molar refractivity (Wildman–Crippen MR) is 57.3 cm³/mol. The summed E-state index contributed by atoms with van der Waals surface area (Å²) in [5, 5.41) is 0. The van der Waals surface area contributed by atoms with Crippen molar-refractivity contribution in [1.82, 2.24) is 5.48 Å². The minimum Gasteiger partial charge on any atom is -0.398 e. The summed E-state index contributed by atoms with van der Waals surface area (Å²) < 4.78 is 0. The Bertz CT molecular complexity index is 329. The molecule has 0 radical (unpaired) electrons. The second-order valence-corrected chi connectivity index (χ2v) is 2.71. The van der Waals surface area contributed by atoms with Crippen molar-refractivity contribution in [3.8, 4) is 0 Å². The Morgan fingerprint density at radius 1 is 1.50 bits per heavy atom. The number of rotatable bonds is 2. The van der Waals surface area contributed by atoms with Crippen LogP contribution in [0.2, 0.25) is 0 Å². The molecule has 1 amide bonds. The standard InChI is InChI=1S/C9H12N2O2.ClH/c1-6-3-4-7(5-8(6)10)9(12)11-13-2;/h3-5H,10H2,1-2H3,(H,11,12);1H. The number of anilines is 1. The second kappa shape index (κ2) is 5.47. The Labute approximate surface area is 88.8 Å². The van der Waals surface area contributed by atoms with Crippen molar-refractivity contribution in [3.05, 3.63) is 29.3 Å². The highest BCUT2D eigenvalue weighted by atomic mass is 35.5. The number of hydrogen-bond donors (Lipinski definition) is 2. The molecule has 78 valence electrons. The summed E-state index contributed by atoms with van der Waals surface area (Å²) >= 11 is 0. The maximum atomic E-state index is 11.2. The molecule has 1 aromatic carbocycles. The third-order valence-corrected chi connectivity index (χ3v) is 1.74. The Morgan fingerprint density at radius 2 is 2.14 bits per heavy atom. The van der Waals surface area contributed by atoms with Gasteiger partial charge in [-0.2, -0.15) is 0 Å². The van der Waals surface area contributed by atoms with Gasteiger partial charge in [0.15, 0.2) is 0 Å². The molecule has 0 fully saturated rings. The first-order valence-electron chi connectivity index (χ1n) is 3.84. The number of nitrogens with two attached hydrogens (primary N) is 1. The van der Waals surface area contributed by atoms with Gasteiger partial charge in [0, 0.05) is 11.3 Å². The third-order valence-electron chi connectivity index (χ3n) is 1.74. The maximum absolute atomic E-state index is 11.2.